The predicted octanol–water partition coefficient (Wildman–Crippen LogP) is 1.98. The van der Waals surface area contributed by atoms with E-state index in [1.54, 1.807) is 20.8 Å². The van der Waals surface area contributed by atoms with Gasteiger partial charge >= 0.3 is 16.3 Å². The van der Waals surface area contributed by atoms with Gasteiger partial charge in [-0.25, -0.2) is 4.79 Å². The molecule has 1 atom stereocenters. The number of amides is 1. The van der Waals surface area contributed by atoms with E-state index < -0.39 is 27.7 Å². The van der Waals surface area contributed by atoms with Crippen LogP contribution in [0.25, 0.3) is 0 Å². The van der Waals surface area contributed by atoms with Gasteiger partial charge in [-0.3, -0.25) is 0 Å². The highest BCUT2D eigenvalue weighted by Crippen LogP contribution is 2.34. The number of halogens is 1. The normalized spacial score (nSPS) is 18.2. The topological polar surface area (TPSA) is 72.5 Å². The first-order chi connectivity index (χ1) is 8.07. The van der Waals surface area contributed by atoms with Crippen molar-refractivity contribution in [3.05, 3.63) is 0 Å². The monoisotopic (exact) mass is 281 g/mol. The molecule has 1 rings (SSSR count). The van der Waals surface area contributed by atoms with Gasteiger partial charge in [-0.05, 0) is 46.0 Å². The van der Waals surface area contributed by atoms with Gasteiger partial charge in [0.2, 0.25) is 0 Å². The summed E-state index contributed by atoms with van der Waals surface area (Å²) in [7, 11) is -4.49. The number of ether oxygens (including phenoxy) is 1. The van der Waals surface area contributed by atoms with E-state index >= 15 is 0 Å². The molecular weight excluding hydrogens is 261 g/mol. The molecular formula is C11H20FNO4S. The van der Waals surface area contributed by atoms with E-state index in [-0.39, 0.29) is 18.4 Å². The molecule has 0 spiro atoms. The molecule has 0 radical (unpaired) electrons. The molecule has 0 aromatic heterocycles. The average Bonchev–Trinajstić information content (AvgIpc) is 2.90. The Kier molecular flexibility index (Phi) is 4.58. The van der Waals surface area contributed by atoms with Crippen LogP contribution >= 0.6 is 0 Å². The van der Waals surface area contributed by atoms with Crippen molar-refractivity contribution in [2.24, 2.45) is 5.92 Å². The van der Waals surface area contributed by atoms with E-state index in [1.807, 2.05) is 0 Å². The maximum atomic E-state index is 12.5. The Labute approximate surface area is 107 Å². The van der Waals surface area contributed by atoms with Crippen LogP contribution < -0.4 is 5.32 Å². The van der Waals surface area contributed by atoms with Crippen LogP contribution in [0.3, 0.4) is 0 Å². The van der Waals surface area contributed by atoms with Gasteiger partial charge in [-0.15, -0.1) is 3.89 Å². The van der Waals surface area contributed by atoms with Crippen LogP contribution in [0.5, 0.6) is 0 Å². The van der Waals surface area contributed by atoms with Crippen molar-refractivity contribution in [1.82, 2.24) is 5.32 Å². The minimum absolute atomic E-state index is 0.0861. The van der Waals surface area contributed by atoms with E-state index in [4.69, 9.17) is 4.74 Å². The van der Waals surface area contributed by atoms with Gasteiger partial charge < -0.3 is 10.1 Å². The van der Waals surface area contributed by atoms with Gasteiger partial charge in [0.25, 0.3) is 0 Å². The molecule has 106 valence electrons. The number of alkyl carbamates (subject to hydrolysis) is 1. The maximum absolute atomic E-state index is 12.5. The Balaban J connectivity index is 2.46. The summed E-state index contributed by atoms with van der Waals surface area (Å²) < 4.78 is 38.5. The van der Waals surface area contributed by atoms with Crippen molar-refractivity contribution in [1.29, 1.82) is 0 Å². The molecule has 0 saturated heterocycles. The van der Waals surface area contributed by atoms with Crippen LogP contribution in [0.1, 0.15) is 40.0 Å². The van der Waals surface area contributed by atoms with E-state index in [1.165, 1.54) is 0 Å². The summed E-state index contributed by atoms with van der Waals surface area (Å²) in [6.07, 6.45) is 1.35. The third kappa shape index (κ3) is 6.78. The molecule has 0 bridgehead atoms. The summed E-state index contributed by atoms with van der Waals surface area (Å²) in [5.74, 6) is -0.330. The van der Waals surface area contributed by atoms with Gasteiger partial charge in [0, 0.05) is 6.04 Å². The minimum Gasteiger partial charge on any atom is -0.444 e. The van der Waals surface area contributed by atoms with Crippen LogP contribution in [0.2, 0.25) is 0 Å². The van der Waals surface area contributed by atoms with Gasteiger partial charge in [-0.2, -0.15) is 8.42 Å². The number of hydrogen-bond donors (Lipinski definition) is 1. The molecule has 5 nitrogen and oxygen atoms in total. The van der Waals surface area contributed by atoms with Crippen molar-refractivity contribution in [3.63, 3.8) is 0 Å². The smallest absolute Gasteiger partial charge is 0.407 e. The minimum atomic E-state index is -4.49. The Hall–Kier alpha value is -0.850. The quantitative estimate of drug-likeness (QED) is 0.782. The maximum Gasteiger partial charge on any atom is 0.407 e. The molecule has 1 aliphatic rings. The number of carbonyl (C=O) groups excluding carboxylic acids is 1. The number of nitrogens with one attached hydrogen (secondary N) is 1. The first-order valence-electron chi connectivity index (χ1n) is 5.99. The Morgan fingerprint density at radius 1 is 1.44 bits per heavy atom. The lowest BCUT2D eigenvalue weighted by Gasteiger charge is -2.23. The summed E-state index contributed by atoms with van der Waals surface area (Å²) in [4.78, 5) is 11.5. The fourth-order valence-electron chi connectivity index (χ4n) is 1.65. The molecule has 1 N–H and O–H groups in total. The van der Waals surface area contributed by atoms with Crippen LogP contribution in [0, 0.1) is 5.92 Å². The summed E-state index contributed by atoms with van der Waals surface area (Å²) >= 11 is 0. The zero-order valence-electron chi connectivity index (χ0n) is 10.9. The highest BCUT2D eigenvalue weighted by Gasteiger charge is 2.34. The Morgan fingerprint density at radius 2 is 2.00 bits per heavy atom. The Bertz CT molecular complexity index is 398. The van der Waals surface area contributed by atoms with Crippen LogP contribution in [0.4, 0.5) is 8.68 Å². The van der Waals surface area contributed by atoms with Gasteiger partial charge in [0.1, 0.15) is 5.60 Å². The third-order valence-electron chi connectivity index (χ3n) is 2.57. The Morgan fingerprint density at radius 3 is 2.39 bits per heavy atom. The fourth-order valence-corrected chi connectivity index (χ4v) is 2.19. The second kappa shape index (κ2) is 5.42. The SMILES string of the molecule is CC(C)(C)OC(=O)NC(CCS(=O)(=O)F)C1CC1. The second-order valence-electron chi connectivity index (χ2n) is 5.62. The van der Waals surface area contributed by atoms with Crippen molar-refractivity contribution in [2.75, 3.05) is 5.75 Å². The summed E-state index contributed by atoms with van der Waals surface area (Å²) in [6, 6.07) is -0.328. The zero-order valence-corrected chi connectivity index (χ0v) is 11.7. The highest BCUT2D eigenvalue weighted by atomic mass is 32.3. The fraction of sp³-hybridized carbons (Fsp3) is 0.909. The van der Waals surface area contributed by atoms with Crippen molar-refractivity contribution in [3.8, 4) is 0 Å². The van der Waals surface area contributed by atoms with E-state index in [0.717, 1.165) is 12.8 Å². The van der Waals surface area contributed by atoms with Crippen LogP contribution in [-0.2, 0) is 15.0 Å². The molecule has 1 amide bonds. The second-order valence-corrected chi connectivity index (χ2v) is 7.11. The highest BCUT2D eigenvalue weighted by molar-refractivity contribution is 7.86. The molecule has 0 heterocycles. The van der Waals surface area contributed by atoms with Gasteiger partial charge in [-0.1, -0.05) is 0 Å². The molecule has 0 aliphatic heterocycles. The predicted molar refractivity (Wildman–Crippen MR) is 65.4 cm³/mol. The first kappa shape index (κ1) is 15.2. The van der Waals surface area contributed by atoms with E-state index in [9.17, 15) is 17.1 Å². The van der Waals surface area contributed by atoms with Gasteiger partial charge in [0.05, 0.1) is 5.75 Å². The van der Waals surface area contributed by atoms with Crippen LogP contribution in [-0.4, -0.2) is 31.9 Å². The lowest BCUT2D eigenvalue weighted by atomic mass is 10.1. The molecule has 1 unspecified atom stereocenters. The molecule has 0 aromatic carbocycles. The number of hydrogen-bond acceptors (Lipinski definition) is 4. The lowest BCUT2D eigenvalue weighted by Crippen LogP contribution is -2.41. The number of rotatable bonds is 5. The van der Waals surface area contributed by atoms with Crippen molar-refractivity contribution >= 4 is 16.3 Å². The zero-order chi connectivity index (χ0) is 14.0. The van der Waals surface area contributed by atoms with Crippen molar-refractivity contribution in [2.45, 2.75) is 51.7 Å². The molecule has 1 fully saturated rings. The molecule has 1 aliphatic carbocycles. The third-order valence-corrected chi connectivity index (χ3v) is 3.29. The first-order valence-corrected chi connectivity index (χ1v) is 7.54. The average molecular weight is 281 g/mol. The van der Waals surface area contributed by atoms with E-state index in [0.29, 0.717) is 0 Å². The standard InChI is InChI=1S/C11H20FNO4S/c1-11(2,3)17-10(14)13-9(8-4-5-8)6-7-18(12,15)16/h8-9H,4-7H2,1-3H3,(H,13,14). The lowest BCUT2D eigenvalue weighted by molar-refractivity contribution is 0.0496. The van der Waals surface area contributed by atoms with E-state index in [2.05, 4.69) is 5.32 Å². The summed E-state index contributed by atoms with van der Waals surface area (Å²) in [6.45, 7) is 5.22. The molecule has 7 heteroatoms. The van der Waals surface area contributed by atoms with Crippen molar-refractivity contribution < 1.29 is 21.8 Å². The van der Waals surface area contributed by atoms with Gasteiger partial charge in [0.15, 0.2) is 0 Å². The largest absolute Gasteiger partial charge is 0.444 e. The molecule has 1 saturated carbocycles. The summed E-state index contributed by atoms with van der Waals surface area (Å²) in [5.41, 5.74) is -0.607. The molecule has 0 aromatic rings. The van der Waals surface area contributed by atoms with Crippen LogP contribution in [0.15, 0.2) is 0 Å². The molecule has 18 heavy (non-hydrogen) atoms. The summed E-state index contributed by atoms with van der Waals surface area (Å²) in [5, 5.41) is 2.62. The number of carbonyl (C=O) groups is 1.